The van der Waals surface area contributed by atoms with E-state index in [4.69, 9.17) is 16.0 Å². The third-order valence-electron chi connectivity index (χ3n) is 2.97. The summed E-state index contributed by atoms with van der Waals surface area (Å²) in [5.41, 5.74) is 4.58. The van der Waals surface area contributed by atoms with Gasteiger partial charge < -0.3 is 4.42 Å². The molecule has 0 unspecified atom stereocenters. The molecule has 1 N–H and O–H groups in total. The average molecular weight is 359 g/mol. The van der Waals surface area contributed by atoms with Crippen LogP contribution in [0.3, 0.4) is 0 Å². The highest BCUT2D eigenvalue weighted by atomic mass is 35.5. The summed E-state index contributed by atoms with van der Waals surface area (Å²) in [5.74, 6) is 1.11. The van der Waals surface area contributed by atoms with E-state index < -0.39 is 0 Å². The average Bonchev–Trinajstić information content (AvgIpc) is 2.96. The Labute approximate surface area is 149 Å². The Balaban J connectivity index is 1.62. The normalized spacial score (nSPS) is 11.1. The van der Waals surface area contributed by atoms with Crippen LogP contribution in [-0.2, 0) is 0 Å². The van der Waals surface area contributed by atoms with E-state index >= 15 is 0 Å². The SMILES string of the molecule is Cc1cc(C)nc(NN=Cc2ccc(Sc3ccc(Cl)cc3)o2)n1. The minimum absolute atomic E-state index is 0.464. The summed E-state index contributed by atoms with van der Waals surface area (Å²) in [4.78, 5) is 9.56. The molecule has 24 heavy (non-hydrogen) atoms. The fraction of sp³-hybridized carbons (Fsp3) is 0.118. The van der Waals surface area contributed by atoms with Crippen LogP contribution in [0.2, 0.25) is 5.02 Å². The molecule has 0 atom stereocenters. The molecule has 3 rings (SSSR count). The van der Waals surface area contributed by atoms with Gasteiger partial charge in [0, 0.05) is 21.3 Å². The van der Waals surface area contributed by atoms with E-state index in [9.17, 15) is 0 Å². The Hall–Kier alpha value is -2.31. The number of aryl methyl sites for hydroxylation is 2. The molecule has 0 saturated carbocycles. The third kappa shape index (κ3) is 4.59. The number of furan rings is 1. The van der Waals surface area contributed by atoms with E-state index in [2.05, 4.69) is 20.5 Å². The molecule has 3 aromatic rings. The molecule has 0 aliphatic carbocycles. The topological polar surface area (TPSA) is 63.3 Å². The van der Waals surface area contributed by atoms with Gasteiger partial charge in [0.05, 0.1) is 6.21 Å². The Kier molecular flexibility index (Phi) is 5.17. The second-order valence-corrected chi connectivity index (χ2v) is 6.57. The number of hydrazone groups is 1. The molecule has 0 aliphatic rings. The molecule has 0 fully saturated rings. The van der Waals surface area contributed by atoms with Crippen LogP contribution in [0, 0.1) is 13.8 Å². The lowest BCUT2D eigenvalue weighted by Crippen LogP contribution is -1.99. The maximum atomic E-state index is 5.88. The molecule has 5 nitrogen and oxygen atoms in total. The lowest BCUT2D eigenvalue weighted by molar-refractivity contribution is 0.469. The molecule has 0 radical (unpaired) electrons. The highest BCUT2D eigenvalue weighted by Gasteiger charge is 2.03. The number of halogens is 1. The summed E-state index contributed by atoms with van der Waals surface area (Å²) in [6, 6.07) is 13.2. The molecule has 0 saturated heterocycles. The monoisotopic (exact) mass is 358 g/mol. The van der Waals surface area contributed by atoms with E-state index in [1.54, 1.807) is 6.21 Å². The highest BCUT2D eigenvalue weighted by Crippen LogP contribution is 2.29. The van der Waals surface area contributed by atoms with Crippen molar-refractivity contribution in [2.45, 2.75) is 23.8 Å². The minimum atomic E-state index is 0.464. The molecule has 0 aliphatic heterocycles. The van der Waals surface area contributed by atoms with Gasteiger partial charge in [-0.3, -0.25) is 0 Å². The molecule has 1 aromatic carbocycles. The van der Waals surface area contributed by atoms with Gasteiger partial charge in [0.15, 0.2) is 5.09 Å². The number of rotatable bonds is 5. The van der Waals surface area contributed by atoms with Gasteiger partial charge in [0.1, 0.15) is 5.76 Å². The predicted octanol–water partition coefficient (Wildman–Crippen LogP) is 4.94. The summed E-state index contributed by atoms with van der Waals surface area (Å²) in [5, 5.41) is 5.60. The van der Waals surface area contributed by atoms with Crippen molar-refractivity contribution in [3.63, 3.8) is 0 Å². The summed E-state index contributed by atoms with van der Waals surface area (Å²) >= 11 is 7.40. The van der Waals surface area contributed by atoms with Crippen LogP contribution in [0.4, 0.5) is 5.95 Å². The van der Waals surface area contributed by atoms with Crippen molar-refractivity contribution < 1.29 is 4.42 Å². The predicted molar refractivity (Wildman–Crippen MR) is 97.0 cm³/mol. The quantitative estimate of drug-likeness (QED) is 0.517. The van der Waals surface area contributed by atoms with Crippen LogP contribution in [-0.4, -0.2) is 16.2 Å². The van der Waals surface area contributed by atoms with Gasteiger partial charge in [-0.1, -0.05) is 23.4 Å². The van der Waals surface area contributed by atoms with E-state index in [0.717, 1.165) is 21.4 Å². The lowest BCUT2D eigenvalue weighted by atomic mass is 10.4. The van der Waals surface area contributed by atoms with Crippen LogP contribution >= 0.6 is 23.4 Å². The van der Waals surface area contributed by atoms with Crippen molar-refractivity contribution in [1.29, 1.82) is 0 Å². The molecule has 0 amide bonds. The van der Waals surface area contributed by atoms with Crippen molar-refractivity contribution in [2.75, 3.05) is 5.43 Å². The largest absolute Gasteiger partial charge is 0.448 e. The molecule has 2 heterocycles. The summed E-state index contributed by atoms with van der Waals surface area (Å²) in [7, 11) is 0. The first kappa shape index (κ1) is 16.5. The minimum Gasteiger partial charge on any atom is -0.448 e. The number of anilines is 1. The Morgan fingerprint density at radius 2 is 1.79 bits per heavy atom. The van der Waals surface area contributed by atoms with Gasteiger partial charge in [-0.25, -0.2) is 15.4 Å². The Morgan fingerprint density at radius 1 is 1.08 bits per heavy atom. The van der Waals surface area contributed by atoms with Crippen LogP contribution in [0.25, 0.3) is 0 Å². The molecule has 2 aromatic heterocycles. The van der Waals surface area contributed by atoms with Crippen LogP contribution in [0.5, 0.6) is 0 Å². The van der Waals surface area contributed by atoms with Gasteiger partial charge in [-0.05, 0) is 56.3 Å². The summed E-state index contributed by atoms with van der Waals surface area (Å²) in [6.07, 6.45) is 1.59. The van der Waals surface area contributed by atoms with Crippen molar-refractivity contribution in [1.82, 2.24) is 9.97 Å². The molecule has 0 spiro atoms. The zero-order chi connectivity index (χ0) is 16.9. The Bertz CT molecular complexity index is 841. The molecule has 0 bridgehead atoms. The number of aromatic nitrogens is 2. The molecular formula is C17H15ClN4OS. The standard InChI is InChI=1S/C17H15ClN4OS/c1-11-9-12(2)21-17(20-11)22-19-10-14-5-8-16(23-14)24-15-6-3-13(18)4-7-15/h3-10H,1-2H3,(H,20,21,22). The van der Waals surface area contributed by atoms with Crippen molar-refractivity contribution in [3.8, 4) is 0 Å². The van der Waals surface area contributed by atoms with Crippen LogP contribution in [0.15, 0.2) is 62.0 Å². The van der Waals surface area contributed by atoms with E-state index in [-0.39, 0.29) is 0 Å². The lowest BCUT2D eigenvalue weighted by Gasteiger charge is -2.00. The highest BCUT2D eigenvalue weighted by molar-refractivity contribution is 7.99. The van der Waals surface area contributed by atoms with Crippen molar-refractivity contribution in [3.05, 3.63) is 64.6 Å². The zero-order valence-corrected chi connectivity index (χ0v) is 14.7. The maximum Gasteiger partial charge on any atom is 0.243 e. The third-order valence-corrected chi connectivity index (χ3v) is 4.15. The van der Waals surface area contributed by atoms with E-state index in [1.165, 1.54) is 11.8 Å². The van der Waals surface area contributed by atoms with E-state index in [0.29, 0.717) is 16.7 Å². The van der Waals surface area contributed by atoms with E-state index in [1.807, 2.05) is 56.3 Å². The smallest absolute Gasteiger partial charge is 0.243 e. The molecule has 7 heteroatoms. The zero-order valence-electron chi connectivity index (χ0n) is 13.2. The second kappa shape index (κ2) is 7.51. The molecule has 122 valence electrons. The first-order chi connectivity index (χ1) is 11.6. The van der Waals surface area contributed by atoms with Crippen molar-refractivity contribution in [2.24, 2.45) is 5.10 Å². The number of nitrogens with zero attached hydrogens (tertiary/aromatic N) is 3. The summed E-state index contributed by atoms with van der Waals surface area (Å²) < 4.78 is 5.70. The first-order valence-electron chi connectivity index (χ1n) is 7.23. The van der Waals surface area contributed by atoms with Gasteiger partial charge in [-0.15, -0.1) is 0 Å². The molecular weight excluding hydrogens is 344 g/mol. The van der Waals surface area contributed by atoms with Gasteiger partial charge in [-0.2, -0.15) is 5.10 Å². The fourth-order valence-electron chi connectivity index (χ4n) is 2.01. The number of hydrogen-bond donors (Lipinski definition) is 1. The maximum absolute atomic E-state index is 5.88. The fourth-order valence-corrected chi connectivity index (χ4v) is 2.91. The van der Waals surface area contributed by atoms with Crippen molar-refractivity contribution >= 4 is 35.5 Å². The van der Waals surface area contributed by atoms with Gasteiger partial charge >= 0.3 is 0 Å². The number of hydrogen-bond acceptors (Lipinski definition) is 6. The number of nitrogens with one attached hydrogen (secondary N) is 1. The van der Waals surface area contributed by atoms with Crippen LogP contribution in [0.1, 0.15) is 17.1 Å². The van der Waals surface area contributed by atoms with Crippen LogP contribution < -0.4 is 5.43 Å². The summed E-state index contributed by atoms with van der Waals surface area (Å²) in [6.45, 7) is 3.83. The van der Waals surface area contributed by atoms with Gasteiger partial charge in [0.25, 0.3) is 0 Å². The first-order valence-corrected chi connectivity index (χ1v) is 8.42. The Morgan fingerprint density at radius 3 is 2.50 bits per heavy atom. The second-order valence-electron chi connectivity index (χ2n) is 5.06. The number of benzene rings is 1. The van der Waals surface area contributed by atoms with Gasteiger partial charge in [0.2, 0.25) is 5.95 Å².